The monoisotopic (exact) mass is 200 g/mol. The predicted octanol–water partition coefficient (Wildman–Crippen LogP) is -0.189. The molecule has 3 N–H and O–H groups in total. The van der Waals surface area contributed by atoms with E-state index in [-0.39, 0.29) is 23.8 Å². The Morgan fingerprint density at radius 3 is 2.43 bits per heavy atom. The smallest absolute Gasteiger partial charge is 0.240 e. The van der Waals surface area contributed by atoms with Gasteiger partial charge in [-0.15, -0.1) is 0 Å². The first-order valence-corrected chi connectivity index (χ1v) is 5.01. The summed E-state index contributed by atoms with van der Waals surface area (Å²) < 4.78 is 0. The quantitative estimate of drug-likeness (QED) is 0.649. The van der Waals surface area contributed by atoms with Crippen molar-refractivity contribution >= 4 is 5.91 Å². The van der Waals surface area contributed by atoms with Gasteiger partial charge < -0.3 is 15.7 Å². The van der Waals surface area contributed by atoms with Crippen LogP contribution in [-0.4, -0.2) is 41.7 Å². The van der Waals surface area contributed by atoms with Gasteiger partial charge in [0.2, 0.25) is 5.91 Å². The average molecular weight is 200 g/mol. The third-order valence-corrected chi connectivity index (χ3v) is 2.73. The van der Waals surface area contributed by atoms with E-state index in [1.54, 1.807) is 4.90 Å². The molecule has 0 radical (unpaired) electrons. The van der Waals surface area contributed by atoms with Crippen molar-refractivity contribution in [2.24, 2.45) is 17.1 Å². The molecule has 14 heavy (non-hydrogen) atoms. The second kappa shape index (κ2) is 3.87. The Balaban J connectivity index is 2.44. The number of carbonyl (C=O) groups is 1. The number of aliphatic hydroxyl groups is 1. The molecule has 1 amide bonds. The maximum atomic E-state index is 11.8. The predicted molar refractivity (Wildman–Crippen MR) is 54.6 cm³/mol. The molecule has 0 spiro atoms. The zero-order valence-electron chi connectivity index (χ0n) is 9.16. The number of hydrogen-bond donors (Lipinski definition) is 2. The van der Waals surface area contributed by atoms with Gasteiger partial charge in [0.15, 0.2) is 0 Å². The first kappa shape index (κ1) is 11.5. The van der Waals surface area contributed by atoms with Crippen molar-refractivity contribution in [1.29, 1.82) is 0 Å². The molecule has 0 unspecified atom stereocenters. The van der Waals surface area contributed by atoms with Crippen LogP contribution in [-0.2, 0) is 4.79 Å². The van der Waals surface area contributed by atoms with E-state index in [4.69, 9.17) is 10.8 Å². The first-order chi connectivity index (χ1) is 6.36. The van der Waals surface area contributed by atoms with Gasteiger partial charge >= 0.3 is 0 Å². The molecular weight excluding hydrogens is 180 g/mol. The van der Waals surface area contributed by atoms with Crippen LogP contribution in [0.2, 0.25) is 0 Å². The molecule has 1 heterocycles. The third-order valence-electron chi connectivity index (χ3n) is 2.73. The zero-order valence-corrected chi connectivity index (χ0v) is 9.16. The van der Waals surface area contributed by atoms with Gasteiger partial charge in [-0.3, -0.25) is 4.79 Å². The molecule has 0 aromatic heterocycles. The Labute approximate surface area is 85.1 Å². The second-order valence-electron chi connectivity index (χ2n) is 5.14. The van der Waals surface area contributed by atoms with Crippen LogP contribution in [0.3, 0.4) is 0 Å². The fraction of sp³-hybridized carbons (Fsp3) is 0.900. The Kier molecular flexibility index (Phi) is 3.17. The normalized spacial score (nSPS) is 20.5. The molecule has 1 atom stereocenters. The van der Waals surface area contributed by atoms with Gasteiger partial charge in [-0.1, -0.05) is 20.8 Å². The van der Waals surface area contributed by atoms with Crippen LogP contribution in [0.5, 0.6) is 0 Å². The van der Waals surface area contributed by atoms with E-state index in [1.165, 1.54) is 0 Å². The number of hydrogen-bond acceptors (Lipinski definition) is 3. The van der Waals surface area contributed by atoms with Crippen molar-refractivity contribution in [1.82, 2.24) is 4.90 Å². The zero-order chi connectivity index (χ0) is 10.9. The SMILES string of the molecule is CC(C)(C)[C@@H](N)C(=O)N1CC(CO)C1. The van der Waals surface area contributed by atoms with Gasteiger partial charge in [-0.2, -0.15) is 0 Å². The van der Waals surface area contributed by atoms with Crippen molar-refractivity contribution in [2.45, 2.75) is 26.8 Å². The maximum Gasteiger partial charge on any atom is 0.240 e. The lowest BCUT2D eigenvalue weighted by Gasteiger charge is -2.41. The van der Waals surface area contributed by atoms with E-state index in [0.29, 0.717) is 13.1 Å². The Morgan fingerprint density at radius 2 is 2.07 bits per heavy atom. The molecular formula is C10H20N2O2. The summed E-state index contributed by atoms with van der Waals surface area (Å²) >= 11 is 0. The standard InChI is InChI=1S/C10H20N2O2/c1-10(2,3)8(11)9(14)12-4-7(5-12)6-13/h7-8,13H,4-6,11H2,1-3H3/t8-/m0/s1. The average Bonchev–Trinajstić information content (AvgIpc) is 1.99. The van der Waals surface area contributed by atoms with Crippen LogP contribution in [0, 0.1) is 11.3 Å². The second-order valence-corrected chi connectivity index (χ2v) is 5.14. The highest BCUT2D eigenvalue weighted by atomic mass is 16.3. The molecule has 0 aromatic carbocycles. The van der Waals surface area contributed by atoms with Crippen LogP contribution in [0.25, 0.3) is 0 Å². The Hall–Kier alpha value is -0.610. The number of nitrogens with two attached hydrogens (primary N) is 1. The van der Waals surface area contributed by atoms with Gasteiger partial charge in [0, 0.05) is 25.6 Å². The number of likely N-dealkylation sites (tertiary alicyclic amines) is 1. The summed E-state index contributed by atoms with van der Waals surface area (Å²) in [5.41, 5.74) is 5.64. The summed E-state index contributed by atoms with van der Waals surface area (Å²) in [6, 6.07) is -0.442. The topological polar surface area (TPSA) is 66.6 Å². The molecule has 82 valence electrons. The molecule has 1 saturated heterocycles. The molecule has 0 saturated carbocycles. The minimum atomic E-state index is -0.442. The van der Waals surface area contributed by atoms with Gasteiger partial charge in [0.1, 0.15) is 0 Å². The first-order valence-electron chi connectivity index (χ1n) is 5.01. The van der Waals surface area contributed by atoms with Gasteiger partial charge in [-0.05, 0) is 5.41 Å². The lowest BCUT2D eigenvalue weighted by atomic mass is 9.85. The molecule has 0 aromatic rings. The number of nitrogens with zero attached hydrogens (tertiary/aromatic N) is 1. The van der Waals surface area contributed by atoms with E-state index < -0.39 is 6.04 Å². The summed E-state index contributed by atoms with van der Waals surface area (Å²) in [6.45, 7) is 7.34. The van der Waals surface area contributed by atoms with Gasteiger partial charge in [0.05, 0.1) is 6.04 Å². The van der Waals surface area contributed by atoms with Crippen molar-refractivity contribution < 1.29 is 9.90 Å². The van der Waals surface area contributed by atoms with Gasteiger partial charge in [0.25, 0.3) is 0 Å². The van der Waals surface area contributed by atoms with Crippen molar-refractivity contribution in [3.8, 4) is 0 Å². The summed E-state index contributed by atoms with van der Waals surface area (Å²) in [5.74, 6) is 0.258. The fourth-order valence-corrected chi connectivity index (χ4v) is 1.43. The van der Waals surface area contributed by atoms with Crippen LogP contribution >= 0.6 is 0 Å². The van der Waals surface area contributed by atoms with E-state index in [1.807, 2.05) is 20.8 Å². The lowest BCUT2D eigenvalue weighted by Crippen LogP contribution is -2.58. The summed E-state index contributed by atoms with van der Waals surface area (Å²) in [7, 11) is 0. The maximum absolute atomic E-state index is 11.8. The van der Waals surface area contributed by atoms with Crippen molar-refractivity contribution in [2.75, 3.05) is 19.7 Å². The largest absolute Gasteiger partial charge is 0.396 e. The van der Waals surface area contributed by atoms with Crippen LogP contribution < -0.4 is 5.73 Å². The number of aliphatic hydroxyl groups excluding tert-OH is 1. The molecule has 1 rings (SSSR count). The van der Waals surface area contributed by atoms with Crippen molar-refractivity contribution in [3.05, 3.63) is 0 Å². The molecule has 1 aliphatic rings. The van der Waals surface area contributed by atoms with Crippen LogP contribution in [0.4, 0.5) is 0 Å². The summed E-state index contributed by atoms with van der Waals surface area (Å²) in [4.78, 5) is 13.5. The highest BCUT2D eigenvalue weighted by Gasteiger charge is 2.36. The molecule has 4 heteroatoms. The van der Waals surface area contributed by atoms with Crippen molar-refractivity contribution in [3.63, 3.8) is 0 Å². The van der Waals surface area contributed by atoms with E-state index in [0.717, 1.165) is 0 Å². The third kappa shape index (κ3) is 2.25. The molecule has 4 nitrogen and oxygen atoms in total. The van der Waals surface area contributed by atoms with E-state index >= 15 is 0 Å². The summed E-state index contributed by atoms with van der Waals surface area (Å²) in [5, 5.41) is 8.81. The highest BCUT2D eigenvalue weighted by molar-refractivity contribution is 5.83. The van der Waals surface area contributed by atoms with E-state index in [9.17, 15) is 4.79 Å². The lowest BCUT2D eigenvalue weighted by molar-refractivity contribution is -0.142. The molecule has 0 bridgehead atoms. The minimum absolute atomic E-state index is 0.00204. The Bertz CT molecular complexity index is 217. The Morgan fingerprint density at radius 1 is 1.57 bits per heavy atom. The fourth-order valence-electron chi connectivity index (χ4n) is 1.43. The van der Waals surface area contributed by atoms with Gasteiger partial charge in [-0.25, -0.2) is 0 Å². The number of carbonyl (C=O) groups excluding carboxylic acids is 1. The number of rotatable bonds is 2. The molecule has 0 aliphatic carbocycles. The van der Waals surface area contributed by atoms with Crippen LogP contribution in [0.15, 0.2) is 0 Å². The minimum Gasteiger partial charge on any atom is -0.396 e. The van der Waals surface area contributed by atoms with E-state index in [2.05, 4.69) is 0 Å². The van der Waals surface area contributed by atoms with Crippen LogP contribution in [0.1, 0.15) is 20.8 Å². The molecule has 1 aliphatic heterocycles. The summed E-state index contributed by atoms with van der Waals surface area (Å²) in [6.07, 6.45) is 0. The molecule has 1 fully saturated rings. The highest BCUT2D eigenvalue weighted by Crippen LogP contribution is 2.23. The number of amides is 1.